The summed E-state index contributed by atoms with van der Waals surface area (Å²) in [6.45, 7) is 7.91. The van der Waals surface area contributed by atoms with Crippen LogP contribution in [0.3, 0.4) is 0 Å². The highest BCUT2D eigenvalue weighted by atomic mass is 16.3. The number of amides is 1. The molecule has 3 rings (SSSR count). The van der Waals surface area contributed by atoms with Crippen LogP contribution in [0.5, 0.6) is 0 Å². The second-order valence-corrected chi connectivity index (χ2v) is 5.98. The molecule has 0 atom stereocenters. The van der Waals surface area contributed by atoms with Gasteiger partial charge in [0.05, 0.1) is 6.26 Å². The van der Waals surface area contributed by atoms with Gasteiger partial charge in [-0.3, -0.25) is 9.69 Å². The molecule has 2 heterocycles. The summed E-state index contributed by atoms with van der Waals surface area (Å²) in [5.41, 5.74) is 1.74. The number of rotatable bonds is 3. The van der Waals surface area contributed by atoms with Gasteiger partial charge in [0, 0.05) is 43.3 Å². The average Bonchev–Trinajstić information content (AvgIpc) is 3.09. The van der Waals surface area contributed by atoms with Crippen LogP contribution in [0.1, 0.15) is 24.2 Å². The van der Waals surface area contributed by atoms with E-state index >= 15 is 0 Å². The molecule has 2 aromatic rings. The first-order valence-corrected chi connectivity index (χ1v) is 7.82. The number of furan rings is 1. The van der Waals surface area contributed by atoms with Gasteiger partial charge in [0.2, 0.25) is 0 Å². The van der Waals surface area contributed by atoms with Gasteiger partial charge in [0.15, 0.2) is 0 Å². The molecule has 1 saturated heterocycles. The van der Waals surface area contributed by atoms with Gasteiger partial charge < -0.3 is 9.32 Å². The lowest BCUT2D eigenvalue weighted by Crippen LogP contribution is -2.50. The van der Waals surface area contributed by atoms with Gasteiger partial charge >= 0.3 is 0 Å². The van der Waals surface area contributed by atoms with Crippen LogP contribution in [0.2, 0.25) is 0 Å². The molecule has 0 spiro atoms. The fourth-order valence-electron chi connectivity index (χ4n) is 2.84. The fraction of sp³-hybridized carbons (Fsp3) is 0.389. The molecule has 0 saturated carbocycles. The van der Waals surface area contributed by atoms with Gasteiger partial charge in [0.1, 0.15) is 5.76 Å². The molecular formula is C18H22N2O2. The van der Waals surface area contributed by atoms with Gasteiger partial charge in [-0.2, -0.15) is 0 Å². The summed E-state index contributed by atoms with van der Waals surface area (Å²) in [6, 6.07) is 12.0. The summed E-state index contributed by atoms with van der Waals surface area (Å²) in [5.74, 6) is 0.943. The number of piperazine rings is 1. The molecule has 1 aliphatic rings. The lowest BCUT2D eigenvalue weighted by Gasteiger charge is -2.37. The Balaban J connectivity index is 1.66. The van der Waals surface area contributed by atoms with Crippen molar-refractivity contribution >= 4 is 5.91 Å². The van der Waals surface area contributed by atoms with Crippen molar-refractivity contribution in [2.75, 3.05) is 26.2 Å². The lowest BCUT2D eigenvalue weighted by molar-refractivity contribution is 0.0595. The van der Waals surface area contributed by atoms with Crippen LogP contribution in [0, 0.1) is 0 Å². The summed E-state index contributed by atoms with van der Waals surface area (Å²) in [5, 5.41) is 0. The third-order valence-corrected chi connectivity index (χ3v) is 4.27. The molecule has 0 unspecified atom stereocenters. The third-order valence-electron chi connectivity index (χ3n) is 4.27. The Morgan fingerprint density at radius 3 is 2.27 bits per heavy atom. The molecule has 22 heavy (non-hydrogen) atoms. The Hall–Kier alpha value is -2.07. The molecule has 116 valence electrons. The molecule has 4 heteroatoms. The van der Waals surface area contributed by atoms with E-state index in [1.165, 1.54) is 0 Å². The van der Waals surface area contributed by atoms with Crippen LogP contribution in [0.15, 0.2) is 47.1 Å². The topological polar surface area (TPSA) is 36.7 Å². The van der Waals surface area contributed by atoms with Crippen molar-refractivity contribution < 1.29 is 9.21 Å². The van der Waals surface area contributed by atoms with Crippen LogP contribution < -0.4 is 0 Å². The average molecular weight is 298 g/mol. The van der Waals surface area contributed by atoms with E-state index in [2.05, 4.69) is 18.7 Å². The highest BCUT2D eigenvalue weighted by Crippen LogP contribution is 2.21. The van der Waals surface area contributed by atoms with Crippen molar-refractivity contribution in [3.8, 4) is 11.3 Å². The summed E-state index contributed by atoms with van der Waals surface area (Å²) in [6.07, 6.45) is 1.66. The zero-order chi connectivity index (χ0) is 15.5. The molecule has 1 fully saturated rings. The largest absolute Gasteiger partial charge is 0.464 e. The van der Waals surface area contributed by atoms with Crippen LogP contribution in [0.4, 0.5) is 0 Å². The molecule has 0 radical (unpaired) electrons. The number of carbonyl (C=O) groups excluding carboxylic acids is 1. The SMILES string of the molecule is CC(C)N1CCN(C(=O)c2ccc(-c3ccco3)cc2)CC1. The molecule has 0 aliphatic carbocycles. The predicted octanol–water partition coefficient (Wildman–Crippen LogP) is 3.11. The molecule has 0 N–H and O–H groups in total. The Bertz CT molecular complexity index is 609. The summed E-state index contributed by atoms with van der Waals surface area (Å²) >= 11 is 0. The van der Waals surface area contributed by atoms with E-state index in [1.807, 2.05) is 41.3 Å². The summed E-state index contributed by atoms with van der Waals surface area (Å²) in [7, 11) is 0. The Morgan fingerprint density at radius 2 is 1.73 bits per heavy atom. The van der Waals surface area contributed by atoms with E-state index in [1.54, 1.807) is 6.26 Å². The van der Waals surface area contributed by atoms with Gasteiger partial charge in [0.25, 0.3) is 5.91 Å². The minimum absolute atomic E-state index is 0.120. The molecule has 1 amide bonds. The van der Waals surface area contributed by atoms with Crippen molar-refractivity contribution in [2.45, 2.75) is 19.9 Å². The van der Waals surface area contributed by atoms with Crippen molar-refractivity contribution in [1.29, 1.82) is 0 Å². The second kappa shape index (κ2) is 6.36. The minimum atomic E-state index is 0.120. The smallest absolute Gasteiger partial charge is 0.253 e. The van der Waals surface area contributed by atoms with Crippen LogP contribution in [-0.2, 0) is 0 Å². The third kappa shape index (κ3) is 3.07. The second-order valence-electron chi connectivity index (χ2n) is 5.98. The van der Waals surface area contributed by atoms with E-state index in [9.17, 15) is 4.79 Å². The maximum Gasteiger partial charge on any atom is 0.253 e. The maximum absolute atomic E-state index is 12.6. The minimum Gasteiger partial charge on any atom is -0.464 e. The maximum atomic E-state index is 12.6. The van der Waals surface area contributed by atoms with E-state index in [0.717, 1.165) is 43.1 Å². The van der Waals surface area contributed by atoms with Gasteiger partial charge in [-0.05, 0) is 38.1 Å². The number of nitrogens with zero attached hydrogens (tertiary/aromatic N) is 2. The highest BCUT2D eigenvalue weighted by molar-refractivity contribution is 5.94. The monoisotopic (exact) mass is 298 g/mol. The molecule has 1 aromatic carbocycles. The summed E-state index contributed by atoms with van der Waals surface area (Å²) < 4.78 is 5.37. The van der Waals surface area contributed by atoms with Crippen LogP contribution in [0.25, 0.3) is 11.3 Å². The van der Waals surface area contributed by atoms with Crippen molar-refractivity contribution in [3.05, 3.63) is 48.2 Å². The quantitative estimate of drug-likeness (QED) is 0.873. The fourth-order valence-corrected chi connectivity index (χ4v) is 2.84. The van der Waals surface area contributed by atoms with Crippen molar-refractivity contribution in [1.82, 2.24) is 9.80 Å². The predicted molar refractivity (Wildman–Crippen MR) is 86.8 cm³/mol. The Morgan fingerprint density at radius 1 is 1.05 bits per heavy atom. The van der Waals surface area contributed by atoms with Gasteiger partial charge in [-0.15, -0.1) is 0 Å². The van der Waals surface area contributed by atoms with E-state index in [-0.39, 0.29) is 5.91 Å². The zero-order valence-corrected chi connectivity index (χ0v) is 13.2. The molecule has 4 nitrogen and oxygen atoms in total. The van der Waals surface area contributed by atoms with E-state index in [4.69, 9.17) is 4.42 Å². The van der Waals surface area contributed by atoms with Crippen molar-refractivity contribution in [3.63, 3.8) is 0 Å². The number of carbonyl (C=O) groups is 1. The number of benzene rings is 1. The first-order chi connectivity index (χ1) is 10.6. The molecule has 1 aliphatic heterocycles. The zero-order valence-electron chi connectivity index (χ0n) is 13.2. The first kappa shape index (κ1) is 14.9. The van der Waals surface area contributed by atoms with Gasteiger partial charge in [-0.25, -0.2) is 0 Å². The Kier molecular flexibility index (Phi) is 4.29. The van der Waals surface area contributed by atoms with Crippen LogP contribution in [-0.4, -0.2) is 47.9 Å². The number of hydrogen-bond donors (Lipinski definition) is 0. The standard InChI is InChI=1S/C18H22N2O2/c1-14(2)19-9-11-20(12-10-19)18(21)16-7-5-15(6-8-16)17-4-3-13-22-17/h3-8,13-14H,9-12H2,1-2H3. The first-order valence-electron chi connectivity index (χ1n) is 7.82. The Labute approximate surface area is 131 Å². The highest BCUT2D eigenvalue weighted by Gasteiger charge is 2.23. The van der Waals surface area contributed by atoms with Gasteiger partial charge in [-0.1, -0.05) is 12.1 Å². The molecule has 0 bridgehead atoms. The number of hydrogen-bond acceptors (Lipinski definition) is 3. The van der Waals surface area contributed by atoms with E-state index < -0.39 is 0 Å². The molecule has 1 aromatic heterocycles. The van der Waals surface area contributed by atoms with E-state index in [0.29, 0.717) is 6.04 Å². The normalized spacial score (nSPS) is 16.2. The lowest BCUT2D eigenvalue weighted by atomic mass is 10.1. The van der Waals surface area contributed by atoms with Crippen LogP contribution >= 0.6 is 0 Å². The van der Waals surface area contributed by atoms with Crippen molar-refractivity contribution in [2.24, 2.45) is 0 Å². The summed E-state index contributed by atoms with van der Waals surface area (Å²) in [4.78, 5) is 16.9. The molecular weight excluding hydrogens is 276 g/mol.